The third-order valence-corrected chi connectivity index (χ3v) is 3.61. The summed E-state index contributed by atoms with van der Waals surface area (Å²) >= 11 is 0. The summed E-state index contributed by atoms with van der Waals surface area (Å²) in [4.78, 5) is 22.9. The molecule has 0 aliphatic heterocycles. The largest absolute Gasteiger partial charge is 0.481 e. The maximum absolute atomic E-state index is 11.5. The van der Waals surface area contributed by atoms with Crippen LogP contribution in [0.4, 0.5) is 10.5 Å². The van der Waals surface area contributed by atoms with Crippen LogP contribution in [0.5, 0.6) is 0 Å². The summed E-state index contributed by atoms with van der Waals surface area (Å²) in [5.41, 5.74) is 0.449. The maximum atomic E-state index is 11.5. The SMILES string of the molecule is C=CCOC(=O)Nc1cccc(C2(C(=O)O)CCC2)c1. The molecule has 0 atom stereocenters. The molecular weight excluding hydrogens is 258 g/mol. The number of hydrogen-bond donors (Lipinski definition) is 2. The lowest BCUT2D eigenvalue weighted by Gasteiger charge is -2.38. The number of amides is 1. The van der Waals surface area contributed by atoms with Gasteiger partial charge in [-0.3, -0.25) is 10.1 Å². The molecule has 0 radical (unpaired) electrons. The Hall–Kier alpha value is -2.30. The van der Waals surface area contributed by atoms with E-state index in [2.05, 4.69) is 11.9 Å². The zero-order valence-electron chi connectivity index (χ0n) is 11.1. The lowest BCUT2D eigenvalue weighted by molar-refractivity contribution is -0.147. The summed E-state index contributed by atoms with van der Waals surface area (Å²) < 4.78 is 4.82. The Morgan fingerprint density at radius 2 is 2.20 bits per heavy atom. The smallest absolute Gasteiger partial charge is 0.411 e. The molecule has 0 aromatic heterocycles. The van der Waals surface area contributed by atoms with Crippen molar-refractivity contribution < 1.29 is 19.4 Å². The monoisotopic (exact) mass is 275 g/mol. The predicted octanol–water partition coefficient (Wildman–Crippen LogP) is 2.93. The molecule has 5 nitrogen and oxygen atoms in total. The highest BCUT2D eigenvalue weighted by Crippen LogP contribution is 2.44. The molecule has 0 bridgehead atoms. The fraction of sp³-hybridized carbons (Fsp3) is 0.333. The van der Waals surface area contributed by atoms with Gasteiger partial charge in [0.15, 0.2) is 0 Å². The highest BCUT2D eigenvalue weighted by Gasteiger charge is 2.45. The van der Waals surface area contributed by atoms with Gasteiger partial charge in [0.25, 0.3) is 0 Å². The van der Waals surface area contributed by atoms with Crippen LogP contribution in [-0.4, -0.2) is 23.8 Å². The van der Waals surface area contributed by atoms with Crippen LogP contribution < -0.4 is 5.32 Å². The van der Waals surface area contributed by atoms with E-state index in [9.17, 15) is 14.7 Å². The number of carbonyl (C=O) groups is 2. The van der Waals surface area contributed by atoms with E-state index in [1.807, 2.05) is 0 Å². The Labute approximate surface area is 117 Å². The minimum atomic E-state index is -0.810. The normalized spacial score (nSPS) is 15.8. The van der Waals surface area contributed by atoms with Gasteiger partial charge in [0, 0.05) is 5.69 Å². The Morgan fingerprint density at radius 1 is 1.45 bits per heavy atom. The number of hydrogen-bond acceptors (Lipinski definition) is 3. The van der Waals surface area contributed by atoms with Crippen molar-refractivity contribution in [3.8, 4) is 0 Å². The van der Waals surface area contributed by atoms with Gasteiger partial charge in [0.05, 0.1) is 5.41 Å². The first-order chi connectivity index (χ1) is 9.58. The quantitative estimate of drug-likeness (QED) is 0.810. The van der Waals surface area contributed by atoms with Crippen LogP contribution in [-0.2, 0) is 14.9 Å². The third kappa shape index (κ3) is 2.66. The molecule has 0 heterocycles. The zero-order chi connectivity index (χ0) is 14.6. The van der Waals surface area contributed by atoms with E-state index >= 15 is 0 Å². The first-order valence-corrected chi connectivity index (χ1v) is 6.47. The van der Waals surface area contributed by atoms with Crippen molar-refractivity contribution in [3.63, 3.8) is 0 Å². The summed E-state index contributed by atoms with van der Waals surface area (Å²) in [6.07, 6.45) is 3.06. The average molecular weight is 275 g/mol. The van der Waals surface area contributed by atoms with Crippen molar-refractivity contribution in [1.82, 2.24) is 0 Å². The second-order valence-electron chi connectivity index (χ2n) is 4.83. The van der Waals surface area contributed by atoms with E-state index in [0.29, 0.717) is 18.5 Å². The molecule has 1 aliphatic rings. The molecule has 2 rings (SSSR count). The molecule has 1 saturated carbocycles. The number of anilines is 1. The number of benzene rings is 1. The number of carboxylic acid groups (broad SMARTS) is 1. The van der Waals surface area contributed by atoms with Crippen molar-refractivity contribution >= 4 is 17.7 Å². The van der Waals surface area contributed by atoms with Crippen molar-refractivity contribution in [1.29, 1.82) is 0 Å². The van der Waals surface area contributed by atoms with E-state index in [0.717, 1.165) is 12.0 Å². The molecule has 1 fully saturated rings. The average Bonchev–Trinajstić information content (AvgIpc) is 2.35. The van der Waals surface area contributed by atoms with Gasteiger partial charge in [-0.15, -0.1) is 0 Å². The van der Waals surface area contributed by atoms with Gasteiger partial charge < -0.3 is 9.84 Å². The number of nitrogens with one attached hydrogen (secondary N) is 1. The first kappa shape index (κ1) is 14.1. The summed E-state index contributed by atoms with van der Waals surface area (Å²) in [5, 5.41) is 12.0. The molecule has 1 amide bonds. The van der Waals surface area contributed by atoms with Crippen LogP contribution in [0.2, 0.25) is 0 Å². The first-order valence-electron chi connectivity index (χ1n) is 6.47. The Kier molecular flexibility index (Phi) is 4.08. The molecule has 0 unspecified atom stereocenters. The van der Waals surface area contributed by atoms with Gasteiger partial charge in [0.2, 0.25) is 0 Å². The fourth-order valence-electron chi connectivity index (χ4n) is 2.34. The van der Waals surface area contributed by atoms with E-state index in [1.54, 1.807) is 24.3 Å². The number of rotatable bonds is 5. The lowest BCUT2D eigenvalue weighted by atomic mass is 9.64. The summed E-state index contributed by atoms with van der Waals surface area (Å²) in [5.74, 6) is -0.810. The third-order valence-electron chi connectivity index (χ3n) is 3.61. The van der Waals surface area contributed by atoms with Crippen molar-refractivity contribution in [2.45, 2.75) is 24.7 Å². The van der Waals surface area contributed by atoms with E-state index in [1.165, 1.54) is 6.08 Å². The fourth-order valence-corrected chi connectivity index (χ4v) is 2.34. The molecule has 2 N–H and O–H groups in total. The lowest BCUT2D eigenvalue weighted by Crippen LogP contribution is -2.42. The highest BCUT2D eigenvalue weighted by atomic mass is 16.5. The van der Waals surface area contributed by atoms with Gasteiger partial charge in [-0.25, -0.2) is 4.79 Å². The van der Waals surface area contributed by atoms with Crippen molar-refractivity contribution in [2.24, 2.45) is 0 Å². The number of carboxylic acids is 1. The predicted molar refractivity (Wildman–Crippen MR) is 74.8 cm³/mol. The molecule has 20 heavy (non-hydrogen) atoms. The number of ether oxygens (including phenoxy) is 1. The minimum absolute atomic E-state index is 0.130. The summed E-state index contributed by atoms with van der Waals surface area (Å²) in [6.45, 7) is 3.58. The Bertz CT molecular complexity index is 534. The molecule has 106 valence electrons. The summed E-state index contributed by atoms with van der Waals surface area (Å²) in [7, 11) is 0. The second-order valence-corrected chi connectivity index (χ2v) is 4.83. The van der Waals surface area contributed by atoms with Crippen LogP contribution in [0.15, 0.2) is 36.9 Å². The van der Waals surface area contributed by atoms with E-state index in [4.69, 9.17) is 4.74 Å². The number of carbonyl (C=O) groups excluding carboxylic acids is 1. The van der Waals surface area contributed by atoms with Crippen LogP contribution in [0.3, 0.4) is 0 Å². The highest BCUT2D eigenvalue weighted by molar-refractivity contribution is 5.86. The molecular formula is C15H17NO4. The van der Waals surface area contributed by atoms with E-state index in [-0.39, 0.29) is 6.61 Å². The van der Waals surface area contributed by atoms with Gasteiger partial charge in [-0.05, 0) is 30.5 Å². The molecule has 1 aromatic rings. The standard InChI is InChI=1S/C15H17NO4/c1-2-9-20-14(19)16-12-6-3-5-11(10-12)15(13(17)18)7-4-8-15/h2-3,5-6,10H,1,4,7-9H2,(H,16,19)(H,17,18). The van der Waals surface area contributed by atoms with Gasteiger partial charge in [0.1, 0.15) is 6.61 Å². The van der Waals surface area contributed by atoms with Gasteiger partial charge in [-0.1, -0.05) is 31.2 Å². The topological polar surface area (TPSA) is 75.6 Å². The van der Waals surface area contributed by atoms with Crippen molar-refractivity contribution in [3.05, 3.63) is 42.5 Å². The zero-order valence-corrected chi connectivity index (χ0v) is 11.1. The molecule has 1 aliphatic carbocycles. The van der Waals surface area contributed by atoms with Crippen LogP contribution in [0.25, 0.3) is 0 Å². The molecule has 0 spiro atoms. The van der Waals surface area contributed by atoms with Crippen LogP contribution in [0.1, 0.15) is 24.8 Å². The molecule has 5 heteroatoms. The van der Waals surface area contributed by atoms with Crippen molar-refractivity contribution in [2.75, 3.05) is 11.9 Å². The molecule has 1 aromatic carbocycles. The van der Waals surface area contributed by atoms with Gasteiger partial charge >= 0.3 is 12.1 Å². The van der Waals surface area contributed by atoms with Crippen LogP contribution in [0, 0.1) is 0 Å². The van der Waals surface area contributed by atoms with Crippen LogP contribution >= 0.6 is 0 Å². The molecule has 0 saturated heterocycles. The van der Waals surface area contributed by atoms with E-state index < -0.39 is 17.5 Å². The van der Waals surface area contributed by atoms with Gasteiger partial charge in [-0.2, -0.15) is 0 Å². The minimum Gasteiger partial charge on any atom is -0.481 e. The second kappa shape index (κ2) is 5.77. The Morgan fingerprint density at radius 3 is 2.75 bits per heavy atom. The summed E-state index contributed by atoms with van der Waals surface area (Å²) in [6, 6.07) is 6.92. The number of aliphatic carboxylic acids is 1. The Balaban J connectivity index is 2.14. The maximum Gasteiger partial charge on any atom is 0.411 e.